The van der Waals surface area contributed by atoms with Crippen molar-refractivity contribution >= 4 is 11.9 Å². The molecule has 20 heavy (non-hydrogen) atoms. The molecule has 0 aromatic rings. The smallest absolute Gasteiger partial charge is 0.330 e. The average molecular weight is 282 g/mol. The molecule has 4 nitrogen and oxygen atoms in total. The molecule has 0 saturated carbocycles. The molecule has 0 atom stereocenters. The molecule has 0 amide bonds. The van der Waals surface area contributed by atoms with Crippen LogP contribution in [-0.4, -0.2) is 25.2 Å². The summed E-state index contributed by atoms with van der Waals surface area (Å²) >= 11 is 0. The summed E-state index contributed by atoms with van der Waals surface area (Å²) in [5, 5.41) is 0. The molecule has 114 valence electrons. The van der Waals surface area contributed by atoms with E-state index in [9.17, 15) is 9.59 Å². The van der Waals surface area contributed by atoms with Crippen LogP contribution in [0.3, 0.4) is 0 Å². The summed E-state index contributed by atoms with van der Waals surface area (Å²) in [6.45, 7) is 8.25. The summed E-state index contributed by atoms with van der Waals surface area (Å²) in [5.74, 6) is -0.549. The van der Waals surface area contributed by atoms with Crippen molar-refractivity contribution < 1.29 is 19.1 Å². The topological polar surface area (TPSA) is 52.6 Å². The number of unbranched alkanes of at least 4 members (excludes halogenated alkanes) is 1. The fourth-order valence-corrected chi connectivity index (χ4v) is 1.72. The lowest BCUT2D eigenvalue weighted by atomic mass is 10.1. The predicted molar refractivity (Wildman–Crippen MR) is 79.2 cm³/mol. The summed E-state index contributed by atoms with van der Waals surface area (Å²) in [6, 6.07) is 0. The lowest BCUT2D eigenvalue weighted by molar-refractivity contribution is -0.138. The highest BCUT2D eigenvalue weighted by molar-refractivity contribution is 5.83. The van der Waals surface area contributed by atoms with Crippen molar-refractivity contribution in [3.05, 3.63) is 23.3 Å². The minimum atomic E-state index is -0.275. The van der Waals surface area contributed by atoms with Gasteiger partial charge in [0.1, 0.15) is 0 Å². The van der Waals surface area contributed by atoms with Gasteiger partial charge in [-0.15, -0.1) is 0 Å². The van der Waals surface area contributed by atoms with Crippen molar-refractivity contribution in [1.29, 1.82) is 0 Å². The number of carbonyl (C=O) groups is 2. The standard InChI is InChI=1S/C16H26O4/c1-5-19-15(17)11-13(3)9-7-8-10-14(4)12-16(18)20-6-2/h11-12H,5-10H2,1-4H3/b13-11+,14-12+. The van der Waals surface area contributed by atoms with Crippen LogP contribution in [-0.2, 0) is 19.1 Å². The molecule has 0 unspecified atom stereocenters. The van der Waals surface area contributed by atoms with Crippen molar-refractivity contribution in [3.63, 3.8) is 0 Å². The SMILES string of the molecule is CCOC(=O)/C=C(\C)CCCC/C(C)=C/C(=O)OCC. The first-order valence-corrected chi connectivity index (χ1v) is 7.17. The Balaban J connectivity index is 3.91. The van der Waals surface area contributed by atoms with E-state index in [0.29, 0.717) is 13.2 Å². The lowest BCUT2D eigenvalue weighted by Crippen LogP contribution is -2.01. The number of hydrogen-bond donors (Lipinski definition) is 0. The first-order chi connectivity index (χ1) is 9.49. The summed E-state index contributed by atoms with van der Waals surface area (Å²) < 4.78 is 9.70. The number of ether oxygens (including phenoxy) is 2. The third-order valence-electron chi connectivity index (χ3n) is 2.69. The van der Waals surface area contributed by atoms with Gasteiger partial charge in [-0.25, -0.2) is 9.59 Å². The second-order valence-electron chi connectivity index (χ2n) is 4.69. The van der Waals surface area contributed by atoms with E-state index in [1.165, 1.54) is 0 Å². The van der Waals surface area contributed by atoms with Gasteiger partial charge in [0.2, 0.25) is 0 Å². The van der Waals surface area contributed by atoms with Crippen LogP contribution in [0.1, 0.15) is 53.4 Å². The molecule has 0 N–H and O–H groups in total. The maximum Gasteiger partial charge on any atom is 0.330 e. The van der Waals surface area contributed by atoms with Crippen LogP contribution in [0, 0.1) is 0 Å². The molecule has 0 saturated heterocycles. The molecule has 0 aliphatic heterocycles. The molecule has 0 bridgehead atoms. The molecule has 0 spiro atoms. The van der Waals surface area contributed by atoms with E-state index in [0.717, 1.165) is 36.8 Å². The van der Waals surface area contributed by atoms with Gasteiger partial charge in [-0.05, 0) is 53.4 Å². The number of rotatable bonds is 9. The van der Waals surface area contributed by atoms with Gasteiger partial charge < -0.3 is 9.47 Å². The van der Waals surface area contributed by atoms with Crippen molar-refractivity contribution in [3.8, 4) is 0 Å². The van der Waals surface area contributed by atoms with Crippen molar-refractivity contribution in [2.24, 2.45) is 0 Å². The molecule has 0 fully saturated rings. The van der Waals surface area contributed by atoms with Crippen LogP contribution in [0.2, 0.25) is 0 Å². The first kappa shape index (κ1) is 18.4. The predicted octanol–water partition coefficient (Wildman–Crippen LogP) is 3.57. The number of carbonyl (C=O) groups excluding carboxylic acids is 2. The number of allylic oxidation sites excluding steroid dienone is 2. The molecule has 0 radical (unpaired) electrons. The van der Waals surface area contributed by atoms with Crippen molar-refractivity contribution in [1.82, 2.24) is 0 Å². The monoisotopic (exact) mass is 282 g/mol. The van der Waals surface area contributed by atoms with E-state index in [2.05, 4.69) is 0 Å². The Kier molecular flexibility index (Phi) is 10.4. The van der Waals surface area contributed by atoms with Crippen molar-refractivity contribution in [2.45, 2.75) is 53.4 Å². The molecule has 0 aromatic heterocycles. The third-order valence-corrected chi connectivity index (χ3v) is 2.69. The maximum atomic E-state index is 11.2. The third kappa shape index (κ3) is 10.4. The van der Waals surface area contributed by atoms with Gasteiger partial charge in [0.15, 0.2) is 0 Å². The molecular weight excluding hydrogens is 256 g/mol. The molecule has 4 heteroatoms. The Morgan fingerprint density at radius 3 is 1.45 bits per heavy atom. The maximum absolute atomic E-state index is 11.2. The van der Waals surface area contributed by atoms with Gasteiger partial charge in [0, 0.05) is 12.2 Å². The zero-order chi connectivity index (χ0) is 15.4. The van der Waals surface area contributed by atoms with Gasteiger partial charge in [-0.1, -0.05) is 11.1 Å². The van der Waals surface area contributed by atoms with Crippen molar-refractivity contribution in [2.75, 3.05) is 13.2 Å². The Bertz CT molecular complexity index is 331. The second kappa shape index (κ2) is 11.3. The van der Waals surface area contributed by atoms with Crippen LogP contribution in [0.25, 0.3) is 0 Å². The number of hydrogen-bond acceptors (Lipinski definition) is 4. The van der Waals surface area contributed by atoms with E-state index in [1.807, 2.05) is 13.8 Å². The summed E-state index contributed by atoms with van der Waals surface area (Å²) in [4.78, 5) is 22.4. The molecular formula is C16H26O4. The Morgan fingerprint density at radius 1 is 0.800 bits per heavy atom. The van der Waals surface area contributed by atoms with Crippen LogP contribution in [0.5, 0.6) is 0 Å². The number of esters is 2. The lowest BCUT2D eigenvalue weighted by Gasteiger charge is -2.03. The molecule has 0 aromatic carbocycles. The first-order valence-electron chi connectivity index (χ1n) is 7.17. The van der Waals surface area contributed by atoms with E-state index < -0.39 is 0 Å². The normalized spacial score (nSPS) is 12.2. The van der Waals surface area contributed by atoms with Gasteiger partial charge in [0.25, 0.3) is 0 Å². The van der Waals surface area contributed by atoms with Crippen LogP contribution in [0.4, 0.5) is 0 Å². The Morgan fingerprint density at radius 2 is 1.15 bits per heavy atom. The van der Waals surface area contributed by atoms with E-state index in [1.54, 1.807) is 26.0 Å². The van der Waals surface area contributed by atoms with Crippen LogP contribution in [0.15, 0.2) is 23.3 Å². The van der Waals surface area contributed by atoms with Gasteiger partial charge in [-0.2, -0.15) is 0 Å². The summed E-state index contributed by atoms with van der Waals surface area (Å²) in [6.07, 6.45) is 6.79. The van der Waals surface area contributed by atoms with E-state index in [-0.39, 0.29) is 11.9 Å². The molecule has 0 rings (SSSR count). The van der Waals surface area contributed by atoms with Gasteiger partial charge in [0.05, 0.1) is 13.2 Å². The van der Waals surface area contributed by atoms with E-state index >= 15 is 0 Å². The zero-order valence-electron chi connectivity index (χ0n) is 13.0. The fraction of sp³-hybridized carbons (Fsp3) is 0.625. The average Bonchev–Trinajstić information content (AvgIpc) is 2.35. The van der Waals surface area contributed by atoms with Crippen LogP contribution < -0.4 is 0 Å². The van der Waals surface area contributed by atoms with E-state index in [4.69, 9.17) is 9.47 Å². The highest BCUT2D eigenvalue weighted by Gasteiger charge is 2.00. The quantitative estimate of drug-likeness (QED) is 0.368. The zero-order valence-corrected chi connectivity index (χ0v) is 13.0. The minimum Gasteiger partial charge on any atom is -0.463 e. The summed E-state index contributed by atoms with van der Waals surface area (Å²) in [7, 11) is 0. The fourth-order valence-electron chi connectivity index (χ4n) is 1.72. The molecule has 0 heterocycles. The highest BCUT2D eigenvalue weighted by Crippen LogP contribution is 2.12. The van der Waals surface area contributed by atoms with Gasteiger partial charge >= 0.3 is 11.9 Å². The van der Waals surface area contributed by atoms with Crippen LogP contribution >= 0.6 is 0 Å². The Labute approximate surface area is 121 Å². The Hall–Kier alpha value is -1.58. The van der Waals surface area contributed by atoms with Gasteiger partial charge in [-0.3, -0.25) is 0 Å². The second-order valence-corrected chi connectivity index (χ2v) is 4.69. The molecule has 0 aliphatic carbocycles. The largest absolute Gasteiger partial charge is 0.463 e. The minimum absolute atomic E-state index is 0.275. The molecule has 0 aliphatic rings. The highest BCUT2D eigenvalue weighted by atomic mass is 16.5. The summed E-state index contributed by atoms with van der Waals surface area (Å²) in [5.41, 5.74) is 2.05.